The average molecular weight is 507 g/mol. The molecule has 0 unspecified atom stereocenters. The van der Waals surface area contributed by atoms with E-state index in [2.05, 4.69) is 29.4 Å². The highest BCUT2D eigenvalue weighted by Gasteiger charge is 2.15. The van der Waals surface area contributed by atoms with Crippen LogP contribution in [0.1, 0.15) is 0 Å². The van der Waals surface area contributed by atoms with Crippen molar-refractivity contribution in [3.8, 4) is 62.2 Å². The minimum Gasteiger partial charge on any atom is -0.507 e. The Hall–Kier alpha value is -5.49. The predicted molar refractivity (Wildman–Crippen MR) is 154 cm³/mol. The van der Waals surface area contributed by atoms with E-state index < -0.39 is 0 Å². The van der Waals surface area contributed by atoms with E-state index in [0.717, 1.165) is 33.4 Å². The quantitative estimate of drug-likeness (QED) is 0.230. The molecule has 1 N–H and O–H groups in total. The van der Waals surface area contributed by atoms with Gasteiger partial charge in [-0.3, -0.25) is 0 Å². The molecule has 0 saturated carbocycles. The van der Waals surface area contributed by atoms with Crippen molar-refractivity contribution in [2.45, 2.75) is 0 Å². The summed E-state index contributed by atoms with van der Waals surface area (Å²) in [6.45, 7) is 0. The van der Waals surface area contributed by atoms with E-state index in [9.17, 15) is 10.0 Å². The molecule has 6 rings (SSSR count). The molecule has 0 aliphatic carbocycles. The van der Waals surface area contributed by atoms with Crippen LogP contribution in [0.2, 0.25) is 0 Å². The molecule has 6 nitrogen and oxygen atoms in total. The van der Waals surface area contributed by atoms with Crippen molar-refractivity contribution in [3.63, 3.8) is 0 Å². The Morgan fingerprint density at radius 3 is 1.31 bits per heavy atom. The minimum absolute atomic E-state index is 0.124. The van der Waals surface area contributed by atoms with Crippen LogP contribution >= 0.6 is 0 Å². The van der Waals surface area contributed by atoms with Crippen molar-refractivity contribution in [2.24, 2.45) is 5.18 Å². The zero-order valence-corrected chi connectivity index (χ0v) is 20.8. The van der Waals surface area contributed by atoms with Gasteiger partial charge in [0.05, 0.1) is 5.56 Å². The fraction of sp³-hybridized carbons (Fsp3) is 0. The second kappa shape index (κ2) is 10.5. The van der Waals surface area contributed by atoms with E-state index in [4.69, 9.17) is 15.0 Å². The monoisotopic (exact) mass is 506 g/mol. The molecule has 0 amide bonds. The van der Waals surface area contributed by atoms with Crippen molar-refractivity contribution in [1.29, 1.82) is 0 Å². The molecule has 0 aliphatic rings. The molecule has 0 fully saturated rings. The Labute approximate surface area is 225 Å². The Morgan fingerprint density at radius 2 is 0.872 bits per heavy atom. The number of rotatable bonds is 6. The second-order valence-corrected chi connectivity index (χ2v) is 8.99. The first-order valence-electron chi connectivity index (χ1n) is 12.4. The van der Waals surface area contributed by atoms with Gasteiger partial charge in [0.2, 0.25) is 0 Å². The molecule has 186 valence electrons. The van der Waals surface area contributed by atoms with Crippen LogP contribution in [-0.4, -0.2) is 20.1 Å². The third-order valence-electron chi connectivity index (χ3n) is 6.46. The lowest BCUT2D eigenvalue weighted by molar-refractivity contribution is 0.477. The maximum atomic E-state index is 10.9. The summed E-state index contributed by atoms with van der Waals surface area (Å²) in [6, 6.07) is 40.7. The number of aromatic hydroxyl groups is 1. The molecule has 1 heterocycles. The van der Waals surface area contributed by atoms with Gasteiger partial charge in [0.15, 0.2) is 17.5 Å². The lowest BCUT2D eigenvalue weighted by Gasteiger charge is -2.10. The van der Waals surface area contributed by atoms with Gasteiger partial charge in [-0.15, -0.1) is 4.91 Å². The molecule has 39 heavy (non-hydrogen) atoms. The van der Waals surface area contributed by atoms with Crippen molar-refractivity contribution < 1.29 is 5.11 Å². The first kappa shape index (κ1) is 23.9. The average Bonchev–Trinajstić information content (AvgIpc) is 3.02. The van der Waals surface area contributed by atoms with Crippen LogP contribution in [-0.2, 0) is 0 Å². The molecule has 6 heteroatoms. The van der Waals surface area contributed by atoms with Gasteiger partial charge >= 0.3 is 0 Å². The van der Waals surface area contributed by atoms with Crippen molar-refractivity contribution in [2.75, 3.05) is 0 Å². The smallest absolute Gasteiger partial charge is 0.167 e. The summed E-state index contributed by atoms with van der Waals surface area (Å²) in [4.78, 5) is 25.1. The van der Waals surface area contributed by atoms with E-state index >= 15 is 0 Å². The first-order valence-corrected chi connectivity index (χ1v) is 12.4. The third-order valence-corrected chi connectivity index (χ3v) is 6.46. The topological polar surface area (TPSA) is 88.3 Å². The second-order valence-electron chi connectivity index (χ2n) is 8.99. The summed E-state index contributed by atoms with van der Waals surface area (Å²) >= 11 is 0. The highest BCUT2D eigenvalue weighted by Crippen LogP contribution is 2.33. The highest BCUT2D eigenvalue weighted by atomic mass is 16.3. The van der Waals surface area contributed by atoms with Crippen molar-refractivity contribution in [1.82, 2.24) is 15.0 Å². The molecule has 0 aliphatic heterocycles. The maximum absolute atomic E-state index is 10.9. The van der Waals surface area contributed by atoms with Crippen molar-refractivity contribution >= 4 is 5.69 Å². The van der Waals surface area contributed by atoms with Gasteiger partial charge in [-0.05, 0) is 39.6 Å². The van der Waals surface area contributed by atoms with Gasteiger partial charge in [-0.25, -0.2) is 15.0 Å². The fourth-order valence-electron chi connectivity index (χ4n) is 4.41. The Balaban J connectivity index is 1.44. The van der Waals surface area contributed by atoms with Crippen LogP contribution in [0.4, 0.5) is 5.69 Å². The standard InChI is InChI=1S/C33H22N4O2/c38-30-21-28(37-39)19-20-29(30)33-35-31(26-15-11-24(12-16-26)22-7-3-1-4-8-22)34-32(36-33)27-17-13-25(14-18-27)23-9-5-2-6-10-23/h1-21,38H. The van der Waals surface area contributed by atoms with E-state index in [1.54, 1.807) is 6.07 Å². The molecular weight excluding hydrogens is 484 g/mol. The van der Waals surface area contributed by atoms with Crippen LogP contribution < -0.4 is 0 Å². The van der Waals surface area contributed by atoms with Gasteiger partial charge in [0.25, 0.3) is 0 Å². The number of nitrogens with zero attached hydrogens (tertiary/aromatic N) is 4. The van der Waals surface area contributed by atoms with Gasteiger partial charge in [0, 0.05) is 17.2 Å². The van der Waals surface area contributed by atoms with Crippen molar-refractivity contribution in [3.05, 3.63) is 132 Å². The molecule has 0 radical (unpaired) electrons. The molecular formula is C33H22N4O2. The molecule has 6 aromatic rings. The summed E-state index contributed by atoms with van der Waals surface area (Å²) in [5, 5.41) is 13.5. The van der Waals surface area contributed by atoms with Gasteiger partial charge in [-0.1, -0.05) is 109 Å². The number of phenolic OH excluding ortho intramolecular Hbond substituents is 1. The van der Waals surface area contributed by atoms with Crippen LogP contribution in [0.5, 0.6) is 5.75 Å². The zero-order valence-electron chi connectivity index (χ0n) is 20.8. The summed E-state index contributed by atoms with van der Waals surface area (Å²) < 4.78 is 0. The van der Waals surface area contributed by atoms with E-state index in [0.29, 0.717) is 23.0 Å². The highest BCUT2D eigenvalue weighted by molar-refractivity contribution is 5.74. The predicted octanol–water partition coefficient (Wildman–Crippen LogP) is 8.31. The van der Waals surface area contributed by atoms with Gasteiger partial charge < -0.3 is 5.11 Å². The van der Waals surface area contributed by atoms with Crippen LogP contribution in [0.15, 0.2) is 133 Å². The normalized spacial score (nSPS) is 10.8. The Kier molecular flexibility index (Phi) is 6.41. The number of benzene rings is 5. The summed E-state index contributed by atoms with van der Waals surface area (Å²) in [6.07, 6.45) is 0. The Bertz CT molecular complexity index is 1650. The molecule has 5 aromatic carbocycles. The number of hydrogen-bond acceptors (Lipinski definition) is 6. The van der Waals surface area contributed by atoms with Gasteiger partial charge in [0.1, 0.15) is 11.4 Å². The lowest BCUT2D eigenvalue weighted by atomic mass is 10.0. The van der Waals surface area contributed by atoms with E-state index in [1.807, 2.05) is 84.9 Å². The lowest BCUT2D eigenvalue weighted by Crippen LogP contribution is -2.00. The minimum atomic E-state index is -0.131. The van der Waals surface area contributed by atoms with Gasteiger partial charge in [-0.2, -0.15) is 0 Å². The van der Waals surface area contributed by atoms with E-state index in [1.165, 1.54) is 12.1 Å². The zero-order chi connectivity index (χ0) is 26.6. The number of aromatic nitrogens is 3. The number of nitroso groups, excluding NO2 is 1. The summed E-state index contributed by atoms with van der Waals surface area (Å²) in [5.41, 5.74) is 6.53. The largest absolute Gasteiger partial charge is 0.507 e. The number of hydrogen-bond donors (Lipinski definition) is 1. The van der Waals surface area contributed by atoms with E-state index in [-0.39, 0.29) is 11.4 Å². The SMILES string of the molecule is O=Nc1ccc(-c2nc(-c3ccc(-c4ccccc4)cc3)nc(-c3ccc(-c4ccccc4)cc3)n2)c(O)c1. The summed E-state index contributed by atoms with van der Waals surface area (Å²) in [5.74, 6) is 1.11. The number of phenols is 1. The fourth-order valence-corrected chi connectivity index (χ4v) is 4.41. The first-order chi connectivity index (χ1) is 19.2. The van der Waals surface area contributed by atoms with Crippen LogP contribution in [0, 0.1) is 4.91 Å². The molecule has 0 bridgehead atoms. The Morgan fingerprint density at radius 1 is 0.462 bits per heavy atom. The molecule has 1 aromatic heterocycles. The van der Waals surface area contributed by atoms with Crippen LogP contribution in [0.25, 0.3) is 56.4 Å². The molecule has 0 atom stereocenters. The van der Waals surface area contributed by atoms with Crippen LogP contribution in [0.3, 0.4) is 0 Å². The maximum Gasteiger partial charge on any atom is 0.167 e. The molecule has 0 spiro atoms. The summed E-state index contributed by atoms with van der Waals surface area (Å²) in [7, 11) is 0. The third kappa shape index (κ3) is 5.04. The molecule has 0 saturated heterocycles.